The summed E-state index contributed by atoms with van der Waals surface area (Å²) in [7, 11) is -0.402. The molecule has 0 radical (unpaired) electrons. The van der Waals surface area contributed by atoms with Crippen molar-refractivity contribution in [1.29, 1.82) is 0 Å². The molecule has 0 spiro atoms. The SMILES string of the molecule is COc1cc(CCC(C)=O)ccc1OCC1CN(S(=O)(=O)c2cn(C)cn2)CCO1. The number of hydrogen-bond donors (Lipinski definition) is 0. The second-order valence-electron chi connectivity index (χ2n) is 7.23. The van der Waals surface area contributed by atoms with Crippen LogP contribution in [0.4, 0.5) is 0 Å². The van der Waals surface area contributed by atoms with E-state index in [1.807, 2.05) is 12.1 Å². The van der Waals surface area contributed by atoms with Crippen molar-refractivity contribution in [3.63, 3.8) is 0 Å². The summed E-state index contributed by atoms with van der Waals surface area (Å²) >= 11 is 0. The molecule has 1 fully saturated rings. The van der Waals surface area contributed by atoms with Gasteiger partial charge in [0.15, 0.2) is 16.5 Å². The Kier molecular flexibility index (Phi) is 7.11. The summed E-state index contributed by atoms with van der Waals surface area (Å²) in [6, 6.07) is 5.53. The number of morpholine rings is 1. The summed E-state index contributed by atoms with van der Waals surface area (Å²) in [4.78, 5) is 15.1. The molecule has 30 heavy (non-hydrogen) atoms. The number of aryl methyl sites for hydroxylation is 2. The van der Waals surface area contributed by atoms with E-state index < -0.39 is 16.1 Å². The van der Waals surface area contributed by atoms with Crippen LogP contribution in [0.3, 0.4) is 0 Å². The number of sulfonamides is 1. The Balaban J connectivity index is 1.62. The number of hydrogen-bond acceptors (Lipinski definition) is 7. The molecule has 0 N–H and O–H groups in total. The highest BCUT2D eigenvalue weighted by Crippen LogP contribution is 2.29. The average molecular weight is 438 g/mol. The van der Waals surface area contributed by atoms with Gasteiger partial charge in [-0.2, -0.15) is 4.31 Å². The molecular formula is C20H27N3O6S. The van der Waals surface area contributed by atoms with Gasteiger partial charge in [0.25, 0.3) is 10.0 Å². The minimum Gasteiger partial charge on any atom is -0.493 e. The molecule has 9 nitrogen and oxygen atoms in total. The maximum absolute atomic E-state index is 12.8. The summed E-state index contributed by atoms with van der Waals surface area (Å²) in [5, 5.41) is 0.0226. The Hall–Kier alpha value is -2.43. The Morgan fingerprint density at radius 2 is 2.13 bits per heavy atom. The van der Waals surface area contributed by atoms with Crippen LogP contribution < -0.4 is 9.47 Å². The van der Waals surface area contributed by atoms with Gasteiger partial charge < -0.3 is 23.6 Å². The molecule has 0 saturated carbocycles. The minimum absolute atomic E-state index is 0.0226. The number of ether oxygens (including phenoxy) is 3. The summed E-state index contributed by atoms with van der Waals surface area (Å²) < 4.78 is 45.5. The van der Waals surface area contributed by atoms with Gasteiger partial charge in [0.05, 0.1) is 20.0 Å². The van der Waals surface area contributed by atoms with Crippen LogP contribution in [0.1, 0.15) is 18.9 Å². The van der Waals surface area contributed by atoms with Gasteiger partial charge in [-0.25, -0.2) is 13.4 Å². The van der Waals surface area contributed by atoms with Crippen LogP contribution in [-0.2, 0) is 33.0 Å². The van der Waals surface area contributed by atoms with E-state index in [0.717, 1.165) is 5.56 Å². The lowest BCUT2D eigenvalue weighted by atomic mass is 10.1. The summed E-state index contributed by atoms with van der Waals surface area (Å²) in [5.74, 6) is 1.23. The molecular weight excluding hydrogens is 410 g/mol. The van der Waals surface area contributed by atoms with Crippen LogP contribution in [0, 0.1) is 0 Å². The fraction of sp³-hybridized carbons (Fsp3) is 0.500. The van der Waals surface area contributed by atoms with Crippen molar-refractivity contribution in [2.24, 2.45) is 7.05 Å². The second kappa shape index (κ2) is 9.59. The number of carbonyl (C=O) groups excluding carboxylic acids is 1. The van der Waals surface area contributed by atoms with Gasteiger partial charge in [-0.05, 0) is 31.0 Å². The first-order valence-corrected chi connectivity index (χ1v) is 11.1. The Morgan fingerprint density at radius 1 is 1.33 bits per heavy atom. The van der Waals surface area contributed by atoms with Gasteiger partial charge in [-0.1, -0.05) is 6.07 Å². The van der Waals surface area contributed by atoms with E-state index in [2.05, 4.69) is 4.98 Å². The maximum Gasteiger partial charge on any atom is 0.262 e. The Bertz CT molecular complexity index is 988. The van der Waals surface area contributed by atoms with Crippen LogP contribution in [0.15, 0.2) is 35.7 Å². The third-order valence-electron chi connectivity index (χ3n) is 4.81. The lowest BCUT2D eigenvalue weighted by Gasteiger charge is -2.31. The molecule has 10 heteroatoms. The monoisotopic (exact) mass is 437 g/mol. The predicted molar refractivity (Wildman–Crippen MR) is 109 cm³/mol. The quantitative estimate of drug-likeness (QED) is 0.585. The first-order chi connectivity index (χ1) is 14.3. The van der Waals surface area contributed by atoms with Gasteiger partial charge >= 0.3 is 0 Å². The van der Waals surface area contributed by atoms with Crippen LogP contribution in [0.5, 0.6) is 11.5 Å². The lowest BCUT2D eigenvalue weighted by Crippen LogP contribution is -2.47. The molecule has 3 rings (SSSR count). The van der Waals surface area contributed by atoms with E-state index in [1.54, 1.807) is 31.7 Å². The molecule has 1 atom stereocenters. The number of methoxy groups -OCH3 is 1. The average Bonchev–Trinajstić information content (AvgIpc) is 3.18. The standard InChI is InChI=1S/C20H27N3O6S/c1-15(24)4-5-16-6-7-18(19(10-16)27-3)29-13-17-11-23(8-9-28-17)30(25,26)20-12-22(2)14-21-20/h6-7,10,12,14,17H,4-5,8-9,11,13H2,1-3H3. The number of imidazole rings is 1. The first-order valence-electron chi connectivity index (χ1n) is 9.68. The van der Waals surface area contributed by atoms with Crippen molar-refractivity contribution in [3.8, 4) is 11.5 Å². The molecule has 1 saturated heterocycles. The van der Waals surface area contributed by atoms with E-state index in [9.17, 15) is 13.2 Å². The zero-order valence-corrected chi connectivity index (χ0v) is 18.2. The number of nitrogens with zero attached hydrogens (tertiary/aromatic N) is 3. The summed E-state index contributed by atoms with van der Waals surface area (Å²) in [5.41, 5.74) is 0.982. The van der Waals surface area contributed by atoms with Crippen molar-refractivity contribution < 1.29 is 27.4 Å². The third-order valence-corrected chi connectivity index (χ3v) is 6.56. The molecule has 0 aliphatic carbocycles. The van der Waals surface area contributed by atoms with Crippen molar-refractivity contribution in [2.75, 3.05) is 33.4 Å². The minimum atomic E-state index is -3.68. The van der Waals surface area contributed by atoms with Crippen molar-refractivity contribution >= 4 is 15.8 Å². The fourth-order valence-electron chi connectivity index (χ4n) is 3.16. The van der Waals surface area contributed by atoms with Crippen molar-refractivity contribution in [3.05, 3.63) is 36.3 Å². The highest BCUT2D eigenvalue weighted by atomic mass is 32.2. The molecule has 2 aromatic rings. The van der Waals surface area contributed by atoms with Gasteiger partial charge in [0.1, 0.15) is 18.5 Å². The second-order valence-corrected chi connectivity index (χ2v) is 9.12. The molecule has 1 aliphatic heterocycles. The van der Waals surface area contributed by atoms with Gasteiger partial charge in [-0.15, -0.1) is 0 Å². The summed E-state index contributed by atoms with van der Waals surface area (Å²) in [6.45, 7) is 2.47. The predicted octanol–water partition coefficient (Wildman–Crippen LogP) is 1.42. The first kappa shape index (κ1) is 22.3. The number of rotatable bonds is 9. The molecule has 1 aliphatic rings. The molecule has 0 bridgehead atoms. The number of Topliss-reactive ketones (excluding diaryl/α,β-unsaturated/α-hetero) is 1. The molecule has 164 valence electrons. The summed E-state index contributed by atoms with van der Waals surface area (Å²) in [6.07, 6.45) is 3.63. The maximum atomic E-state index is 12.8. The van der Waals surface area contributed by atoms with Crippen LogP contribution in [0.25, 0.3) is 0 Å². The van der Waals surface area contributed by atoms with E-state index in [0.29, 0.717) is 24.3 Å². The topological polar surface area (TPSA) is 100.0 Å². The largest absolute Gasteiger partial charge is 0.493 e. The van der Waals surface area contributed by atoms with Gasteiger partial charge in [0, 0.05) is 32.8 Å². The number of benzene rings is 1. The van der Waals surface area contributed by atoms with E-state index in [-0.39, 0.29) is 37.1 Å². The van der Waals surface area contributed by atoms with E-state index >= 15 is 0 Å². The Morgan fingerprint density at radius 3 is 2.80 bits per heavy atom. The third kappa shape index (κ3) is 5.38. The zero-order chi connectivity index (χ0) is 21.7. The van der Waals surface area contributed by atoms with Crippen LogP contribution in [0.2, 0.25) is 0 Å². The molecule has 0 amide bonds. The van der Waals surface area contributed by atoms with Crippen molar-refractivity contribution in [2.45, 2.75) is 30.9 Å². The zero-order valence-electron chi connectivity index (χ0n) is 17.4. The van der Waals surface area contributed by atoms with Crippen LogP contribution >= 0.6 is 0 Å². The number of aromatic nitrogens is 2. The molecule has 1 aromatic carbocycles. The van der Waals surface area contributed by atoms with E-state index in [1.165, 1.54) is 16.8 Å². The van der Waals surface area contributed by atoms with Gasteiger partial charge in [-0.3, -0.25) is 0 Å². The fourth-order valence-corrected chi connectivity index (χ4v) is 4.58. The molecule has 1 unspecified atom stereocenters. The highest BCUT2D eigenvalue weighted by molar-refractivity contribution is 7.89. The van der Waals surface area contributed by atoms with E-state index in [4.69, 9.17) is 14.2 Å². The Labute approximate surface area is 176 Å². The smallest absolute Gasteiger partial charge is 0.262 e. The van der Waals surface area contributed by atoms with Gasteiger partial charge in [0.2, 0.25) is 0 Å². The number of carbonyl (C=O) groups is 1. The molecule has 1 aromatic heterocycles. The normalized spacial score (nSPS) is 17.6. The highest BCUT2D eigenvalue weighted by Gasteiger charge is 2.32. The molecule has 2 heterocycles. The lowest BCUT2D eigenvalue weighted by molar-refractivity contribution is -0.116. The number of ketones is 1. The van der Waals surface area contributed by atoms with Crippen molar-refractivity contribution in [1.82, 2.24) is 13.9 Å². The van der Waals surface area contributed by atoms with Crippen LogP contribution in [-0.4, -0.2) is 67.6 Å².